The number of hydrogen-bond donors (Lipinski definition) is 1. The third kappa shape index (κ3) is 2.68. The molecular formula is C20H24N4O. The van der Waals surface area contributed by atoms with Gasteiger partial charge in [0.1, 0.15) is 0 Å². The molecule has 3 heterocycles. The molecule has 0 fully saturated rings. The zero-order chi connectivity index (χ0) is 17.6. The van der Waals surface area contributed by atoms with Gasteiger partial charge in [-0.3, -0.25) is 9.36 Å². The van der Waals surface area contributed by atoms with Crippen molar-refractivity contribution in [3.63, 3.8) is 0 Å². The molecule has 1 aliphatic rings. The molecule has 5 nitrogen and oxygen atoms in total. The Labute approximate surface area is 147 Å². The summed E-state index contributed by atoms with van der Waals surface area (Å²) in [5.41, 5.74) is 5.59. The van der Waals surface area contributed by atoms with Crippen LogP contribution in [0.5, 0.6) is 0 Å². The number of aromatic nitrogens is 3. The maximum atomic E-state index is 13.3. The van der Waals surface area contributed by atoms with Gasteiger partial charge in [-0.1, -0.05) is 18.2 Å². The number of H-pyrrole nitrogens is 1. The number of hydrogen-bond acceptors (Lipinski definition) is 3. The predicted octanol–water partition coefficient (Wildman–Crippen LogP) is 3.18. The predicted molar refractivity (Wildman–Crippen MR) is 98.8 cm³/mol. The van der Waals surface area contributed by atoms with Crippen LogP contribution in [0.3, 0.4) is 0 Å². The highest BCUT2D eigenvalue weighted by molar-refractivity contribution is 5.97. The molecule has 2 aromatic heterocycles. The number of benzene rings is 1. The van der Waals surface area contributed by atoms with Gasteiger partial charge in [0, 0.05) is 35.7 Å². The van der Waals surface area contributed by atoms with Gasteiger partial charge in [0.25, 0.3) is 0 Å². The van der Waals surface area contributed by atoms with Gasteiger partial charge >= 0.3 is 0 Å². The summed E-state index contributed by atoms with van der Waals surface area (Å²) in [4.78, 5) is 22.9. The monoisotopic (exact) mass is 336 g/mol. The maximum Gasteiger partial charge on any atom is 0.234 e. The van der Waals surface area contributed by atoms with Crippen LogP contribution in [0.4, 0.5) is 0 Å². The molecule has 130 valence electrons. The molecule has 1 aliphatic heterocycles. The number of carbonyl (C=O) groups excluding carboxylic acids is 1. The Balaban J connectivity index is 1.77. The fourth-order valence-electron chi connectivity index (χ4n) is 4.00. The lowest BCUT2D eigenvalue weighted by Gasteiger charge is -2.24. The number of aromatic amines is 1. The Morgan fingerprint density at radius 2 is 2.12 bits per heavy atom. The summed E-state index contributed by atoms with van der Waals surface area (Å²) in [6.45, 7) is 2.88. The molecule has 1 unspecified atom stereocenters. The zero-order valence-electron chi connectivity index (χ0n) is 15.0. The Hall–Kier alpha value is -2.40. The van der Waals surface area contributed by atoms with Gasteiger partial charge in [-0.05, 0) is 45.5 Å². The summed E-state index contributed by atoms with van der Waals surface area (Å²) in [7, 11) is 4.15. The molecule has 0 saturated heterocycles. The summed E-state index contributed by atoms with van der Waals surface area (Å²) in [5.74, 6) is 0.211. The third-order valence-electron chi connectivity index (χ3n) is 5.24. The molecule has 1 N–H and O–H groups in total. The molecule has 0 saturated carbocycles. The maximum absolute atomic E-state index is 13.3. The SMILES string of the molecule is Cc1[nH]cnc1CC1CCc2c(CN(C)C)c3ccccc3n2C1=O. The van der Waals surface area contributed by atoms with Crippen LogP contribution in [0.15, 0.2) is 30.6 Å². The second-order valence-corrected chi connectivity index (χ2v) is 7.27. The highest BCUT2D eigenvalue weighted by Gasteiger charge is 2.32. The van der Waals surface area contributed by atoms with E-state index in [1.807, 2.05) is 17.6 Å². The van der Waals surface area contributed by atoms with Gasteiger partial charge in [-0.2, -0.15) is 0 Å². The average Bonchev–Trinajstić information content (AvgIpc) is 3.12. The molecule has 3 aromatic rings. The molecule has 0 aliphatic carbocycles. The van der Waals surface area contributed by atoms with Crippen molar-refractivity contribution in [2.45, 2.75) is 32.7 Å². The lowest BCUT2D eigenvalue weighted by atomic mass is 9.91. The van der Waals surface area contributed by atoms with Crippen molar-refractivity contribution in [1.29, 1.82) is 0 Å². The fourth-order valence-corrected chi connectivity index (χ4v) is 4.00. The Morgan fingerprint density at radius 1 is 1.32 bits per heavy atom. The molecule has 4 rings (SSSR count). The largest absolute Gasteiger partial charge is 0.348 e. The molecule has 0 bridgehead atoms. The number of rotatable bonds is 4. The van der Waals surface area contributed by atoms with Crippen LogP contribution >= 0.6 is 0 Å². The molecule has 5 heteroatoms. The highest BCUT2D eigenvalue weighted by atomic mass is 16.2. The number of para-hydroxylation sites is 1. The number of nitrogens with zero attached hydrogens (tertiary/aromatic N) is 3. The van der Waals surface area contributed by atoms with Gasteiger partial charge in [-0.15, -0.1) is 0 Å². The van der Waals surface area contributed by atoms with Gasteiger partial charge in [0.15, 0.2) is 0 Å². The Bertz CT molecular complexity index is 934. The molecule has 1 aromatic carbocycles. The molecule has 0 radical (unpaired) electrons. The van der Waals surface area contributed by atoms with E-state index < -0.39 is 0 Å². The zero-order valence-corrected chi connectivity index (χ0v) is 15.0. The van der Waals surface area contributed by atoms with Crippen molar-refractivity contribution >= 4 is 16.8 Å². The number of aryl methyl sites for hydroxylation is 1. The van der Waals surface area contributed by atoms with Crippen LogP contribution in [-0.4, -0.2) is 39.4 Å². The van der Waals surface area contributed by atoms with Crippen molar-refractivity contribution in [3.05, 3.63) is 53.2 Å². The summed E-state index contributed by atoms with van der Waals surface area (Å²) < 4.78 is 1.98. The average molecular weight is 336 g/mol. The first-order valence-corrected chi connectivity index (χ1v) is 8.85. The van der Waals surface area contributed by atoms with Crippen LogP contribution in [0.25, 0.3) is 10.9 Å². The standard InChI is InChI=1S/C20H24N4O/c1-13-17(22-12-21-13)10-14-8-9-19-16(11-23(2)3)15-6-4-5-7-18(15)24(19)20(14)25/h4-7,12,14H,8-11H2,1-3H3,(H,21,22). The second kappa shape index (κ2) is 6.15. The van der Waals surface area contributed by atoms with E-state index in [4.69, 9.17) is 0 Å². The second-order valence-electron chi connectivity index (χ2n) is 7.27. The number of nitrogens with one attached hydrogen (secondary N) is 1. The Kier molecular flexibility index (Phi) is 3.96. The van der Waals surface area contributed by atoms with Gasteiger partial charge in [0.2, 0.25) is 5.91 Å². The lowest BCUT2D eigenvalue weighted by molar-refractivity contribution is 0.0807. The first-order valence-electron chi connectivity index (χ1n) is 8.85. The quantitative estimate of drug-likeness (QED) is 0.796. The van der Waals surface area contributed by atoms with Crippen LogP contribution < -0.4 is 0 Å². The number of imidazole rings is 1. The van der Waals surface area contributed by atoms with Crippen LogP contribution in [0, 0.1) is 12.8 Å². The van der Waals surface area contributed by atoms with E-state index in [-0.39, 0.29) is 11.8 Å². The first kappa shape index (κ1) is 16.1. The fraction of sp³-hybridized carbons (Fsp3) is 0.400. The summed E-state index contributed by atoms with van der Waals surface area (Å²) in [6, 6.07) is 8.28. The van der Waals surface area contributed by atoms with E-state index in [1.54, 1.807) is 6.33 Å². The minimum Gasteiger partial charge on any atom is -0.348 e. The summed E-state index contributed by atoms with van der Waals surface area (Å²) in [6.07, 6.45) is 4.26. The molecular weight excluding hydrogens is 312 g/mol. The van der Waals surface area contributed by atoms with Crippen LogP contribution in [-0.2, 0) is 19.4 Å². The van der Waals surface area contributed by atoms with E-state index in [2.05, 4.69) is 47.2 Å². The van der Waals surface area contributed by atoms with Gasteiger partial charge in [-0.25, -0.2) is 4.98 Å². The topological polar surface area (TPSA) is 53.9 Å². The normalized spacial score (nSPS) is 17.4. The summed E-state index contributed by atoms with van der Waals surface area (Å²) >= 11 is 0. The van der Waals surface area contributed by atoms with E-state index in [1.165, 1.54) is 16.6 Å². The molecule has 0 amide bonds. The smallest absolute Gasteiger partial charge is 0.234 e. The number of fused-ring (bicyclic) bond motifs is 3. The molecule has 0 spiro atoms. The van der Waals surface area contributed by atoms with E-state index >= 15 is 0 Å². The third-order valence-corrected chi connectivity index (χ3v) is 5.24. The van der Waals surface area contributed by atoms with Crippen molar-refractivity contribution in [2.75, 3.05) is 14.1 Å². The van der Waals surface area contributed by atoms with Crippen molar-refractivity contribution in [1.82, 2.24) is 19.4 Å². The van der Waals surface area contributed by atoms with Crippen molar-refractivity contribution < 1.29 is 4.79 Å². The van der Waals surface area contributed by atoms with Gasteiger partial charge < -0.3 is 9.88 Å². The Morgan fingerprint density at radius 3 is 2.84 bits per heavy atom. The van der Waals surface area contributed by atoms with E-state index in [9.17, 15) is 4.79 Å². The minimum atomic E-state index is -0.00230. The summed E-state index contributed by atoms with van der Waals surface area (Å²) in [5, 5.41) is 1.20. The molecule has 25 heavy (non-hydrogen) atoms. The van der Waals surface area contributed by atoms with Crippen LogP contribution in [0.2, 0.25) is 0 Å². The van der Waals surface area contributed by atoms with Crippen LogP contribution in [0.1, 0.15) is 33.9 Å². The van der Waals surface area contributed by atoms with Crippen molar-refractivity contribution in [2.24, 2.45) is 5.92 Å². The number of carbonyl (C=O) groups is 1. The van der Waals surface area contributed by atoms with Crippen molar-refractivity contribution in [3.8, 4) is 0 Å². The van der Waals surface area contributed by atoms with E-state index in [0.717, 1.165) is 36.3 Å². The highest BCUT2D eigenvalue weighted by Crippen LogP contribution is 2.34. The minimum absolute atomic E-state index is 0.00230. The molecule has 1 atom stereocenters. The van der Waals surface area contributed by atoms with E-state index in [0.29, 0.717) is 6.42 Å². The lowest BCUT2D eigenvalue weighted by Crippen LogP contribution is -2.31. The van der Waals surface area contributed by atoms with Gasteiger partial charge in [0.05, 0.1) is 17.5 Å². The first-order chi connectivity index (χ1) is 12.1.